The predicted octanol–water partition coefficient (Wildman–Crippen LogP) is 4.79. The summed E-state index contributed by atoms with van der Waals surface area (Å²) >= 11 is 0. The number of para-hydroxylation sites is 1. The maximum absolute atomic E-state index is 15.1. The average molecular weight is 492 g/mol. The molecule has 0 radical (unpaired) electrons. The maximum atomic E-state index is 15.1. The Morgan fingerprint density at radius 3 is 2.36 bits per heavy atom. The lowest BCUT2D eigenvalue weighted by Crippen LogP contribution is -2.51. The fourth-order valence-corrected chi connectivity index (χ4v) is 3.86. The van der Waals surface area contributed by atoms with E-state index in [2.05, 4.69) is 15.6 Å². The van der Waals surface area contributed by atoms with Gasteiger partial charge in [0, 0.05) is 16.8 Å². The van der Waals surface area contributed by atoms with Gasteiger partial charge in [-0.1, -0.05) is 42.5 Å². The number of halogens is 2. The molecule has 0 bridgehead atoms. The van der Waals surface area contributed by atoms with Gasteiger partial charge in [0.15, 0.2) is 0 Å². The quantitative estimate of drug-likeness (QED) is 0.384. The van der Waals surface area contributed by atoms with Gasteiger partial charge in [-0.25, -0.2) is 13.5 Å². The van der Waals surface area contributed by atoms with Crippen LogP contribution in [0.15, 0.2) is 72.8 Å². The van der Waals surface area contributed by atoms with Gasteiger partial charge >= 0.3 is 0 Å². The predicted molar refractivity (Wildman–Crippen MR) is 133 cm³/mol. The summed E-state index contributed by atoms with van der Waals surface area (Å²) in [4.78, 5) is 28.7. The second kappa shape index (κ2) is 10.2. The van der Waals surface area contributed by atoms with Crippen LogP contribution in [0.25, 0.3) is 11.0 Å². The van der Waals surface area contributed by atoms with E-state index in [0.717, 1.165) is 0 Å². The topological polar surface area (TPSA) is 80.1 Å². The second-order valence-corrected chi connectivity index (χ2v) is 9.13. The van der Waals surface area contributed by atoms with Crippen molar-refractivity contribution in [3.8, 4) is 0 Å². The molecule has 0 fully saturated rings. The number of hydrogen-bond acceptors (Lipinski definition) is 4. The fourth-order valence-electron chi connectivity index (χ4n) is 3.86. The van der Waals surface area contributed by atoms with Gasteiger partial charge in [-0.15, -0.1) is 5.10 Å². The third-order valence-electron chi connectivity index (χ3n) is 6.13. The molecule has 0 aliphatic heterocycles. The van der Waals surface area contributed by atoms with Gasteiger partial charge in [-0.05, 0) is 62.7 Å². The molecule has 0 aliphatic rings. The van der Waals surface area contributed by atoms with Gasteiger partial charge in [-0.2, -0.15) is 0 Å². The highest BCUT2D eigenvalue weighted by Crippen LogP contribution is 2.31. The summed E-state index contributed by atoms with van der Waals surface area (Å²) in [5.41, 5.74) is 0.877. The number of fused-ring (bicyclic) bond motifs is 1. The minimum absolute atomic E-state index is 0.0167. The zero-order valence-corrected chi connectivity index (χ0v) is 20.3. The Balaban J connectivity index is 1.83. The van der Waals surface area contributed by atoms with E-state index in [1.165, 1.54) is 52.0 Å². The largest absolute Gasteiger partial charge is 0.349 e. The molecule has 1 atom stereocenters. The van der Waals surface area contributed by atoms with Gasteiger partial charge in [0.1, 0.15) is 29.7 Å². The first-order chi connectivity index (χ1) is 17.2. The molecule has 0 spiro atoms. The number of rotatable bonds is 8. The molecule has 2 amide bonds. The molecule has 36 heavy (non-hydrogen) atoms. The van der Waals surface area contributed by atoms with Gasteiger partial charge in [0.2, 0.25) is 11.8 Å². The summed E-state index contributed by atoms with van der Waals surface area (Å²) in [6.07, 6.45) is 0.609. The monoisotopic (exact) mass is 491 g/mol. The lowest BCUT2D eigenvalue weighted by atomic mass is 9.98. The van der Waals surface area contributed by atoms with Gasteiger partial charge in [-0.3, -0.25) is 14.5 Å². The molecule has 0 aliphatic carbocycles. The minimum Gasteiger partial charge on any atom is -0.349 e. The highest BCUT2D eigenvalue weighted by Gasteiger charge is 2.36. The SMILES string of the molecule is CCC(C)(C)NC(=O)C(c1ccccc1F)N(C(=O)Cn1nnc2ccccc21)c1ccc(F)cc1. The van der Waals surface area contributed by atoms with Crippen LogP contribution in [0.3, 0.4) is 0 Å². The van der Waals surface area contributed by atoms with E-state index >= 15 is 4.39 Å². The molecule has 7 nitrogen and oxygen atoms in total. The first-order valence-electron chi connectivity index (χ1n) is 11.6. The lowest BCUT2D eigenvalue weighted by molar-refractivity contribution is -0.128. The number of carbonyl (C=O) groups excluding carboxylic acids is 2. The van der Waals surface area contributed by atoms with E-state index in [4.69, 9.17) is 0 Å². The number of nitrogens with one attached hydrogen (secondary N) is 1. The summed E-state index contributed by atoms with van der Waals surface area (Å²) in [6, 6.07) is 16.7. The van der Waals surface area contributed by atoms with Crippen molar-refractivity contribution in [2.45, 2.75) is 45.3 Å². The molecule has 9 heteroatoms. The molecular formula is C27H27F2N5O2. The van der Waals surface area contributed by atoms with Gasteiger partial charge < -0.3 is 5.32 Å². The number of nitrogens with zero attached hydrogens (tertiary/aromatic N) is 4. The van der Waals surface area contributed by atoms with E-state index in [1.807, 2.05) is 26.8 Å². The number of anilines is 1. The van der Waals surface area contributed by atoms with Gasteiger partial charge in [0.25, 0.3) is 0 Å². The minimum atomic E-state index is -1.36. The van der Waals surface area contributed by atoms with E-state index in [9.17, 15) is 14.0 Å². The second-order valence-electron chi connectivity index (χ2n) is 9.13. The molecule has 3 aromatic carbocycles. The van der Waals surface area contributed by atoms with E-state index in [-0.39, 0.29) is 17.8 Å². The molecular weight excluding hydrogens is 464 g/mol. The molecule has 4 aromatic rings. The molecule has 4 rings (SSSR count). The van der Waals surface area contributed by atoms with E-state index in [1.54, 1.807) is 24.3 Å². The molecule has 1 heterocycles. The fraction of sp³-hybridized carbons (Fsp3) is 0.259. The third-order valence-corrected chi connectivity index (χ3v) is 6.13. The van der Waals surface area contributed by atoms with Crippen LogP contribution in [0.5, 0.6) is 0 Å². The zero-order chi connectivity index (χ0) is 25.9. The van der Waals surface area contributed by atoms with Crippen LogP contribution in [-0.4, -0.2) is 32.3 Å². The molecule has 186 valence electrons. The standard InChI is InChI=1S/C27H27F2N5O2/c1-4-27(2,3)30-26(36)25(20-9-5-6-10-21(20)29)34(19-15-13-18(28)14-16-19)24(35)17-33-23-12-8-7-11-22(23)31-32-33/h5-16,25H,4,17H2,1-3H3,(H,30,36). The van der Waals surface area contributed by atoms with Crippen molar-refractivity contribution in [1.82, 2.24) is 20.3 Å². The van der Waals surface area contributed by atoms with Crippen LogP contribution in [-0.2, 0) is 16.1 Å². The smallest absolute Gasteiger partial charge is 0.249 e. The van der Waals surface area contributed by atoms with E-state index < -0.39 is 35.0 Å². The first-order valence-corrected chi connectivity index (χ1v) is 11.6. The Morgan fingerprint density at radius 2 is 1.67 bits per heavy atom. The highest BCUT2D eigenvalue weighted by molar-refractivity contribution is 6.01. The lowest BCUT2D eigenvalue weighted by Gasteiger charge is -2.34. The third kappa shape index (κ3) is 5.25. The Labute approximate surface area is 207 Å². The first kappa shape index (κ1) is 25.0. The van der Waals surface area contributed by atoms with Crippen molar-refractivity contribution in [3.05, 3.63) is 90.0 Å². The van der Waals surface area contributed by atoms with Gasteiger partial charge in [0.05, 0.1) is 5.52 Å². The van der Waals surface area contributed by atoms with Crippen molar-refractivity contribution in [2.75, 3.05) is 4.90 Å². The number of amides is 2. The van der Waals surface area contributed by atoms with Crippen LogP contribution in [0.1, 0.15) is 38.8 Å². The maximum Gasteiger partial charge on any atom is 0.249 e. The van der Waals surface area contributed by atoms with Crippen molar-refractivity contribution in [1.29, 1.82) is 0 Å². The van der Waals surface area contributed by atoms with Crippen LogP contribution >= 0.6 is 0 Å². The average Bonchev–Trinajstić information content (AvgIpc) is 3.26. The molecule has 0 saturated heterocycles. The normalized spacial score (nSPS) is 12.4. The Bertz CT molecular complexity index is 1380. The van der Waals surface area contributed by atoms with Crippen LogP contribution in [0, 0.1) is 11.6 Å². The molecule has 1 N–H and O–H groups in total. The summed E-state index contributed by atoms with van der Waals surface area (Å²) < 4.78 is 30.3. The Morgan fingerprint density at radius 1 is 1.00 bits per heavy atom. The summed E-state index contributed by atoms with van der Waals surface area (Å²) in [5.74, 6) is -2.26. The van der Waals surface area contributed by atoms with E-state index in [0.29, 0.717) is 17.5 Å². The van der Waals surface area contributed by atoms with Crippen molar-refractivity contribution in [2.24, 2.45) is 0 Å². The summed E-state index contributed by atoms with van der Waals surface area (Å²) in [6.45, 7) is 5.33. The molecule has 0 saturated carbocycles. The number of carbonyl (C=O) groups is 2. The number of benzene rings is 3. The zero-order valence-electron chi connectivity index (χ0n) is 20.3. The van der Waals surface area contributed by atoms with Crippen LogP contribution in [0.2, 0.25) is 0 Å². The van der Waals surface area contributed by atoms with Crippen molar-refractivity contribution in [3.63, 3.8) is 0 Å². The number of aromatic nitrogens is 3. The van der Waals surface area contributed by atoms with Crippen LogP contribution < -0.4 is 10.2 Å². The Hall–Kier alpha value is -4.14. The Kier molecular flexibility index (Phi) is 7.10. The summed E-state index contributed by atoms with van der Waals surface area (Å²) in [5, 5.41) is 11.1. The van der Waals surface area contributed by atoms with Crippen molar-refractivity contribution < 1.29 is 18.4 Å². The molecule has 1 aromatic heterocycles. The number of hydrogen-bond donors (Lipinski definition) is 1. The summed E-state index contributed by atoms with van der Waals surface area (Å²) in [7, 11) is 0. The highest BCUT2D eigenvalue weighted by atomic mass is 19.1. The van der Waals surface area contributed by atoms with Crippen LogP contribution in [0.4, 0.5) is 14.5 Å². The van der Waals surface area contributed by atoms with Crippen molar-refractivity contribution >= 4 is 28.5 Å². The molecule has 1 unspecified atom stereocenters.